The molecule has 0 amide bonds. The van der Waals surface area contributed by atoms with Gasteiger partial charge in [-0.2, -0.15) is 5.10 Å². The Balaban J connectivity index is 1.91. The molecule has 1 heterocycles. The second-order valence-electron chi connectivity index (χ2n) is 4.53. The number of benzene rings is 2. The molecule has 1 aromatic heterocycles. The minimum Gasteiger partial charge on any atom is -0.508 e. The van der Waals surface area contributed by atoms with Crippen molar-refractivity contribution in [1.82, 2.24) is 9.71 Å². The van der Waals surface area contributed by atoms with Crippen molar-refractivity contribution in [2.45, 2.75) is 0 Å². The Morgan fingerprint density at radius 3 is 2.82 bits per heavy atom. The lowest BCUT2D eigenvalue weighted by atomic mass is 10.2. The number of hydrogen-bond donors (Lipinski definition) is 3. The Morgan fingerprint density at radius 1 is 1.18 bits per heavy atom. The number of nitrogens with zero attached hydrogens (tertiary/aromatic N) is 3. The molecule has 0 fully saturated rings. The van der Waals surface area contributed by atoms with Crippen LogP contribution in [0.5, 0.6) is 5.75 Å². The van der Waals surface area contributed by atoms with Gasteiger partial charge in [0, 0.05) is 0 Å². The van der Waals surface area contributed by atoms with Crippen LogP contribution in [-0.4, -0.2) is 26.2 Å². The summed E-state index contributed by atoms with van der Waals surface area (Å²) in [6, 6.07) is 13.2. The lowest BCUT2D eigenvalue weighted by Gasteiger charge is -2.06. The van der Waals surface area contributed by atoms with E-state index in [0.29, 0.717) is 21.2 Å². The number of rotatable bonds is 3. The SMILES string of the molecule is O=c1c2ccccc2nc(N/N=C\c2cccc(O)c2)n1O. The molecule has 110 valence electrons. The monoisotopic (exact) mass is 296 g/mol. The first-order valence-corrected chi connectivity index (χ1v) is 6.44. The molecular formula is C15H12N4O3. The van der Waals surface area contributed by atoms with Crippen LogP contribution in [0.15, 0.2) is 58.4 Å². The second-order valence-corrected chi connectivity index (χ2v) is 4.53. The van der Waals surface area contributed by atoms with Crippen molar-refractivity contribution in [3.05, 3.63) is 64.4 Å². The molecule has 3 rings (SSSR count). The molecule has 0 atom stereocenters. The maximum Gasteiger partial charge on any atom is 0.295 e. The third-order valence-corrected chi connectivity index (χ3v) is 3.00. The van der Waals surface area contributed by atoms with Crippen LogP contribution in [0.2, 0.25) is 0 Å². The number of fused-ring (bicyclic) bond motifs is 1. The van der Waals surface area contributed by atoms with Crippen molar-refractivity contribution in [3.63, 3.8) is 0 Å². The van der Waals surface area contributed by atoms with Gasteiger partial charge in [-0.3, -0.25) is 4.79 Å². The van der Waals surface area contributed by atoms with E-state index in [4.69, 9.17) is 0 Å². The van der Waals surface area contributed by atoms with Crippen molar-refractivity contribution in [2.24, 2.45) is 5.10 Å². The first-order valence-electron chi connectivity index (χ1n) is 6.44. The average molecular weight is 296 g/mol. The smallest absolute Gasteiger partial charge is 0.295 e. The number of para-hydroxylation sites is 1. The van der Waals surface area contributed by atoms with E-state index in [1.165, 1.54) is 12.3 Å². The van der Waals surface area contributed by atoms with Gasteiger partial charge >= 0.3 is 0 Å². The molecule has 0 spiro atoms. The van der Waals surface area contributed by atoms with Gasteiger partial charge in [-0.1, -0.05) is 24.3 Å². The Morgan fingerprint density at radius 2 is 2.00 bits per heavy atom. The topological polar surface area (TPSA) is 99.7 Å². The van der Waals surface area contributed by atoms with Gasteiger partial charge < -0.3 is 10.3 Å². The van der Waals surface area contributed by atoms with Crippen molar-refractivity contribution >= 4 is 23.1 Å². The molecule has 3 aromatic rings. The predicted octanol–water partition coefficient (Wildman–Crippen LogP) is 1.79. The van der Waals surface area contributed by atoms with Gasteiger partial charge in [0.1, 0.15) is 5.75 Å². The summed E-state index contributed by atoms with van der Waals surface area (Å²) in [5.41, 5.74) is 3.03. The van der Waals surface area contributed by atoms with Crippen molar-refractivity contribution in [3.8, 4) is 5.75 Å². The molecule has 7 heteroatoms. The van der Waals surface area contributed by atoms with Crippen LogP contribution in [0, 0.1) is 0 Å². The van der Waals surface area contributed by atoms with E-state index in [2.05, 4.69) is 15.5 Å². The summed E-state index contributed by atoms with van der Waals surface area (Å²) in [4.78, 5) is 16.1. The molecule has 0 saturated heterocycles. The fourth-order valence-corrected chi connectivity index (χ4v) is 1.97. The standard InChI is InChI=1S/C15H12N4O3/c20-11-5-3-4-10(8-11)9-16-18-15-17-13-7-2-1-6-12(13)14(21)19(15)22/h1-9,20,22H,(H,17,18)/b16-9-. The summed E-state index contributed by atoms with van der Waals surface area (Å²) in [5, 5.41) is 23.4. The van der Waals surface area contributed by atoms with Crippen LogP contribution in [0.3, 0.4) is 0 Å². The van der Waals surface area contributed by atoms with E-state index < -0.39 is 5.56 Å². The van der Waals surface area contributed by atoms with Crippen LogP contribution in [0.4, 0.5) is 5.95 Å². The fourth-order valence-electron chi connectivity index (χ4n) is 1.97. The Hall–Kier alpha value is -3.35. The fraction of sp³-hybridized carbons (Fsp3) is 0. The number of phenols is 1. The normalized spacial score (nSPS) is 11.1. The molecule has 0 bridgehead atoms. The number of aromatic hydroxyl groups is 1. The highest BCUT2D eigenvalue weighted by Crippen LogP contribution is 2.11. The van der Waals surface area contributed by atoms with Crippen molar-refractivity contribution in [2.75, 3.05) is 5.43 Å². The molecule has 0 radical (unpaired) electrons. The molecule has 0 aliphatic carbocycles. The molecule has 0 aliphatic rings. The Bertz CT molecular complexity index is 918. The molecule has 2 aromatic carbocycles. The largest absolute Gasteiger partial charge is 0.508 e. The number of phenolic OH excluding ortho intramolecular Hbond substituents is 1. The first kappa shape index (κ1) is 13.6. The molecule has 0 saturated carbocycles. The highest BCUT2D eigenvalue weighted by atomic mass is 16.5. The lowest BCUT2D eigenvalue weighted by Crippen LogP contribution is -2.22. The van der Waals surface area contributed by atoms with Crippen LogP contribution >= 0.6 is 0 Å². The highest BCUT2D eigenvalue weighted by Gasteiger charge is 2.08. The number of aromatic nitrogens is 2. The molecule has 3 N–H and O–H groups in total. The zero-order chi connectivity index (χ0) is 15.5. The Kier molecular flexibility index (Phi) is 3.45. The quantitative estimate of drug-likeness (QED) is 0.389. The number of anilines is 1. The average Bonchev–Trinajstić information content (AvgIpc) is 2.52. The predicted molar refractivity (Wildman–Crippen MR) is 82.5 cm³/mol. The molecule has 7 nitrogen and oxygen atoms in total. The zero-order valence-corrected chi connectivity index (χ0v) is 11.3. The highest BCUT2D eigenvalue weighted by molar-refractivity contribution is 5.81. The van der Waals surface area contributed by atoms with Gasteiger partial charge in [0.25, 0.3) is 11.5 Å². The minimum absolute atomic E-state index is 0.0971. The first-order chi connectivity index (χ1) is 10.6. The molecule has 0 unspecified atom stereocenters. The van der Waals surface area contributed by atoms with Crippen molar-refractivity contribution in [1.29, 1.82) is 0 Å². The van der Waals surface area contributed by atoms with Crippen LogP contribution in [0.1, 0.15) is 5.56 Å². The van der Waals surface area contributed by atoms with Gasteiger partial charge in [-0.05, 0) is 29.8 Å². The van der Waals surface area contributed by atoms with Crippen LogP contribution in [-0.2, 0) is 0 Å². The molecular weight excluding hydrogens is 284 g/mol. The number of hydrogen-bond acceptors (Lipinski definition) is 6. The van der Waals surface area contributed by atoms with E-state index in [1.54, 1.807) is 42.5 Å². The number of hydrazone groups is 1. The molecule has 22 heavy (non-hydrogen) atoms. The third kappa shape index (κ3) is 2.59. The molecule has 0 aliphatic heterocycles. The summed E-state index contributed by atoms with van der Waals surface area (Å²) in [6.45, 7) is 0. The van der Waals surface area contributed by atoms with Crippen molar-refractivity contribution < 1.29 is 10.3 Å². The summed E-state index contributed by atoms with van der Waals surface area (Å²) in [7, 11) is 0. The van der Waals surface area contributed by atoms with Gasteiger partial charge in [0.15, 0.2) is 0 Å². The minimum atomic E-state index is -0.583. The van der Waals surface area contributed by atoms with Crippen LogP contribution < -0.4 is 11.0 Å². The zero-order valence-electron chi connectivity index (χ0n) is 11.3. The second kappa shape index (κ2) is 5.57. The number of nitrogens with one attached hydrogen (secondary N) is 1. The van der Waals surface area contributed by atoms with E-state index in [-0.39, 0.29) is 11.7 Å². The van der Waals surface area contributed by atoms with E-state index in [9.17, 15) is 15.1 Å². The summed E-state index contributed by atoms with van der Waals surface area (Å²) >= 11 is 0. The van der Waals surface area contributed by atoms with Gasteiger partial charge in [-0.15, -0.1) is 4.73 Å². The summed E-state index contributed by atoms with van der Waals surface area (Å²) < 4.78 is 0.405. The Labute approximate surface area is 124 Å². The van der Waals surface area contributed by atoms with E-state index in [0.717, 1.165) is 0 Å². The van der Waals surface area contributed by atoms with Gasteiger partial charge in [0.05, 0.1) is 17.1 Å². The maximum absolute atomic E-state index is 12.0. The summed E-state index contributed by atoms with van der Waals surface area (Å²) in [5.74, 6) is 0.0203. The lowest BCUT2D eigenvalue weighted by molar-refractivity contribution is 0.179. The van der Waals surface area contributed by atoms with Gasteiger partial charge in [0.2, 0.25) is 0 Å². The maximum atomic E-state index is 12.0. The van der Waals surface area contributed by atoms with E-state index in [1.807, 2.05) is 0 Å². The van der Waals surface area contributed by atoms with Gasteiger partial charge in [-0.25, -0.2) is 10.4 Å². The van der Waals surface area contributed by atoms with E-state index >= 15 is 0 Å². The third-order valence-electron chi connectivity index (χ3n) is 3.00. The van der Waals surface area contributed by atoms with Crippen LogP contribution in [0.25, 0.3) is 10.9 Å². The summed E-state index contributed by atoms with van der Waals surface area (Å²) in [6.07, 6.45) is 1.43.